The Kier molecular flexibility index (Phi) is 4.24. The quantitative estimate of drug-likeness (QED) is 0.752. The molecule has 3 rings (SSSR count). The van der Waals surface area contributed by atoms with Gasteiger partial charge in [0.05, 0.1) is 5.56 Å². The molecule has 0 aliphatic heterocycles. The van der Waals surface area contributed by atoms with Crippen molar-refractivity contribution in [3.8, 4) is 5.75 Å². The summed E-state index contributed by atoms with van der Waals surface area (Å²) in [5.41, 5.74) is 1.38. The third kappa shape index (κ3) is 3.16. The van der Waals surface area contributed by atoms with Gasteiger partial charge in [0.2, 0.25) is 0 Å². The van der Waals surface area contributed by atoms with Crippen LogP contribution in [0.4, 0.5) is 0 Å². The van der Waals surface area contributed by atoms with Gasteiger partial charge < -0.3 is 13.9 Å². The molecule has 0 bridgehead atoms. The first-order chi connectivity index (χ1) is 11.1. The van der Waals surface area contributed by atoms with E-state index in [-0.39, 0.29) is 11.3 Å². The van der Waals surface area contributed by atoms with Gasteiger partial charge in [-0.05, 0) is 38.3 Å². The van der Waals surface area contributed by atoms with Gasteiger partial charge >= 0.3 is 5.63 Å². The molecule has 0 amide bonds. The van der Waals surface area contributed by atoms with E-state index >= 15 is 0 Å². The van der Waals surface area contributed by atoms with Crippen molar-refractivity contribution in [2.45, 2.75) is 39.0 Å². The van der Waals surface area contributed by atoms with Crippen LogP contribution in [-0.4, -0.2) is 5.11 Å². The maximum Gasteiger partial charge on any atom is 0.342 e. The Balaban J connectivity index is 1.64. The van der Waals surface area contributed by atoms with Gasteiger partial charge in [-0.15, -0.1) is 0 Å². The van der Waals surface area contributed by atoms with Gasteiger partial charge in [0.1, 0.15) is 23.4 Å². The van der Waals surface area contributed by atoms with Crippen LogP contribution in [0.1, 0.15) is 42.6 Å². The lowest BCUT2D eigenvalue weighted by Gasteiger charge is -2.09. The zero-order valence-electron chi connectivity index (χ0n) is 13.3. The summed E-state index contributed by atoms with van der Waals surface area (Å²) in [5, 5.41) is 11.1. The van der Waals surface area contributed by atoms with Crippen LogP contribution in [0.5, 0.6) is 5.75 Å². The van der Waals surface area contributed by atoms with Crippen LogP contribution in [0.3, 0.4) is 0 Å². The molecule has 4 nitrogen and oxygen atoms in total. The van der Waals surface area contributed by atoms with Gasteiger partial charge in [0, 0.05) is 16.9 Å². The summed E-state index contributed by atoms with van der Waals surface area (Å²) in [6.07, 6.45) is 3.83. The molecule has 2 heterocycles. The van der Waals surface area contributed by atoms with E-state index in [1.807, 2.05) is 24.3 Å². The number of aromatic hydroxyl groups is 1. The molecule has 0 aliphatic rings. The molecular weight excluding hydrogens is 292 g/mol. The number of benzene rings is 1. The summed E-state index contributed by atoms with van der Waals surface area (Å²) < 4.78 is 10.8. The topological polar surface area (TPSA) is 63.6 Å². The lowest BCUT2D eigenvalue weighted by Crippen LogP contribution is -2.04. The smallest absolute Gasteiger partial charge is 0.342 e. The SMILES string of the molecule is Cc1c(O)c(CCCC(C)c2cc3ccccc3o2)coc1=O. The Hall–Kier alpha value is -2.49. The third-order valence-electron chi connectivity index (χ3n) is 4.29. The zero-order valence-corrected chi connectivity index (χ0v) is 13.3. The molecule has 120 valence electrons. The highest BCUT2D eigenvalue weighted by Crippen LogP contribution is 2.29. The molecule has 4 heteroatoms. The number of furan rings is 1. The highest BCUT2D eigenvalue weighted by Gasteiger charge is 2.13. The van der Waals surface area contributed by atoms with Crippen molar-refractivity contribution < 1.29 is 13.9 Å². The number of fused-ring (bicyclic) bond motifs is 1. The minimum Gasteiger partial charge on any atom is -0.507 e. The number of para-hydroxylation sites is 1. The van der Waals surface area contributed by atoms with Gasteiger partial charge in [-0.25, -0.2) is 4.79 Å². The largest absolute Gasteiger partial charge is 0.507 e. The second-order valence-corrected chi connectivity index (χ2v) is 6.00. The van der Waals surface area contributed by atoms with E-state index in [2.05, 4.69) is 13.0 Å². The first-order valence-corrected chi connectivity index (χ1v) is 7.85. The molecule has 1 unspecified atom stereocenters. The van der Waals surface area contributed by atoms with E-state index in [1.165, 1.54) is 6.26 Å². The summed E-state index contributed by atoms with van der Waals surface area (Å²) in [7, 11) is 0. The van der Waals surface area contributed by atoms with E-state index in [9.17, 15) is 9.90 Å². The summed E-state index contributed by atoms with van der Waals surface area (Å²) in [4.78, 5) is 11.3. The highest BCUT2D eigenvalue weighted by molar-refractivity contribution is 5.77. The Bertz CT molecular complexity index is 839. The lowest BCUT2D eigenvalue weighted by atomic mass is 9.99. The molecule has 1 atom stereocenters. The predicted octanol–water partition coefficient (Wildman–Crippen LogP) is 4.53. The van der Waals surface area contributed by atoms with Crippen LogP contribution in [0.2, 0.25) is 0 Å². The lowest BCUT2D eigenvalue weighted by molar-refractivity contribution is 0.425. The molecule has 3 aromatic rings. The first-order valence-electron chi connectivity index (χ1n) is 7.85. The van der Waals surface area contributed by atoms with Crippen LogP contribution in [-0.2, 0) is 6.42 Å². The van der Waals surface area contributed by atoms with Crippen molar-refractivity contribution in [2.24, 2.45) is 0 Å². The van der Waals surface area contributed by atoms with Gasteiger partial charge in [-0.2, -0.15) is 0 Å². The van der Waals surface area contributed by atoms with E-state index in [4.69, 9.17) is 8.83 Å². The molecule has 0 radical (unpaired) electrons. The van der Waals surface area contributed by atoms with Crippen LogP contribution >= 0.6 is 0 Å². The van der Waals surface area contributed by atoms with Crippen LogP contribution in [0, 0.1) is 6.92 Å². The summed E-state index contributed by atoms with van der Waals surface area (Å²) in [6, 6.07) is 10.1. The maximum absolute atomic E-state index is 11.3. The van der Waals surface area contributed by atoms with Crippen molar-refractivity contribution in [3.63, 3.8) is 0 Å². The normalized spacial score (nSPS) is 12.6. The van der Waals surface area contributed by atoms with Gasteiger partial charge in [-0.3, -0.25) is 0 Å². The Morgan fingerprint density at radius 3 is 2.83 bits per heavy atom. The van der Waals surface area contributed by atoms with Crippen molar-refractivity contribution in [1.29, 1.82) is 0 Å². The number of hydrogen-bond acceptors (Lipinski definition) is 4. The van der Waals surface area contributed by atoms with Crippen LogP contribution in [0.15, 0.2) is 50.2 Å². The number of aryl methyl sites for hydroxylation is 1. The van der Waals surface area contributed by atoms with Gasteiger partial charge in [0.15, 0.2) is 0 Å². The molecule has 1 N–H and O–H groups in total. The monoisotopic (exact) mass is 312 g/mol. The Labute approximate surface area is 134 Å². The van der Waals surface area contributed by atoms with E-state index in [1.54, 1.807) is 6.92 Å². The van der Waals surface area contributed by atoms with Crippen LogP contribution < -0.4 is 5.63 Å². The summed E-state index contributed by atoms with van der Waals surface area (Å²) in [6.45, 7) is 3.70. The van der Waals surface area contributed by atoms with Crippen molar-refractivity contribution in [1.82, 2.24) is 0 Å². The van der Waals surface area contributed by atoms with Gasteiger partial charge in [0.25, 0.3) is 0 Å². The minimum absolute atomic E-state index is 0.0534. The molecule has 0 fully saturated rings. The standard InChI is InChI=1S/C19H20O4/c1-12(17-10-14-7-3-4-9-16(14)23-17)6-5-8-15-11-22-19(21)13(2)18(15)20/h3-4,7,9-12,20H,5-6,8H2,1-2H3. The fourth-order valence-corrected chi connectivity index (χ4v) is 2.77. The zero-order chi connectivity index (χ0) is 16.4. The fourth-order valence-electron chi connectivity index (χ4n) is 2.77. The molecule has 23 heavy (non-hydrogen) atoms. The average molecular weight is 312 g/mol. The third-order valence-corrected chi connectivity index (χ3v) is 4.29. The Morgan fingerprint density at radius 2 is 2.04 bits per heavy atom. The van der Waals surface area contributed by atoms with Crippen molar-refractivity contribution in [3.05, 3.63) is 63.9 Å². The second-order valence-electron chi connectivity index (χ2n) is 6.00. The summed E-state index contributed by atoms with van der Waals surface area (Å²) in [5.74, 6) is 1.32. The van der Waals surface area contributed by atoms with E-state index in [0.29, 0.717) is 17.9 Å². The molecule has 1 aromatic carbocycles. The Morgan fingerprint density at radius 1 is 1.26 bits per heavy atom. The predicted molar refractivity (Wildman–Crippen MR) is 88.9 cm³/mol. The molecule has 0 saturated heterocycles. The molecule has 0 spiro atoms. The maximum atomic E-state index is 11.3. The minimum atomic E-state index is -0.484. The van der Waals surface area contributed by atoms with E-state index < -0.39 is 5.63 Å². The van der Waals surface area contributed by atoms with Crippen LogP contribution in [0.25, 0.3) is 11.0 Å². The molecule has 0 aliphatic carbocycles. The second kappa shape index (κ2) is 6.32. The average Bonchev–Trinajstić information content (AvgIpc) is 2.99. The number of rotatable bonds is 5. The van der Waals surface area contributed by atoms with Gasteiger partial charge in [-0.1, -0.05) is 25.1 Å². The highest BCUT2D eigenvalue weighted by atomic mass is 16.4. The molecule has 2 aromatic heterocycles. The number of hydrogen-bond donors (Lipinski definition) is 1. The van der Waals surface area contributed by atoms with E-state index in [0.717, 1.165) is 29.6 Å². The first kappa shape index (κ1) is 15.4. The summed E-state index contributed by atoms with van der Waals surface area (Å²) >= 11 is 0. The molecular formula is C19H20O4. The van der Waals surface area contributed by atoms with Crippen molar-refractivity contribution in [2.75, 3.05) is 0 Å². The fraction of sp³-hybridized carbons (Fsp3) is 0.316. The molecule has 0 saturated carbocycles. The van der Waals surface area contributed by atoms with Crippen molar-refractivity contribution >= 4 is 11.0 Å².